The molecule has 0 saturated carbocycles. The van der Waals surface area contributed by atoms with Gasteiger partial charge in [0, 0.05) is 31.2 Å². The summed E-state index contributed by atoms with van der Waals surface area (Å²) in [6.07, 6.45) is 0.775. The van der Waals surface area contributed by atoms with Gasteiger partial charge in [-0.05, 0) is 42.1 Å². The molecule has 1 amide bonds. The normalized spacial score (nSPS) is 11.1. The van der Waals surface area contributed by atoms with Gasteiger partial charge in [-0.25, -0.2) is 4.39 Å². The standard InChI is InChI=1S/C18H19FN2O2S/c1-23-8-3-7-20-18(22)12-21-15-6-5-14(19)10-13(15)11-16(21)17-4-2-9-24-17/h2,4-6,9-11H,3,7-8,12H2,1H3,(H,20,22). The Morgan fingerprint density at radius 3 is 2.96 bits per heavy atom. The van der Waals surface area contributed by atoms with Crippen molar-refractivity contribution in [1.29, 1.82) is 0 Å². The first-order valence-electron chi connectivity index (χ1n) is 7.77. The number of ether oxygens (including phenoxy) is 1. The van der Waals surface area contributed by atoms with E-state index in [0.717, 1.165) is 27.9 Å². The van der Waals surface area contributed by atoms with Gasteiger partial charge in [0.25, 0.3) is 0 Å². The van der Waals surface area contributed by atoms with Gasteiger partial charge >= 0.3 is 0 Å². The lowest BCUT2D eigenvalue weighted by atomic mass is 10.2. The van der Waals surface area contributed by atoms with Gasteiger partial charge in [0.1, 0.15) is 12.4 Å². The summed E-state index contributed by atoms with van der Waals surface area (Å²) in [7, 11) is 1.64. The highest BCUT2D eigenvalue weighted by Gasteiger charge is 2.14. The van der Waals surface area contributed by atoms with Crippen molar-refractivity contribution in [3.05, 3.63) is 47.6 Å². The van der Waals surface area contributed by atoms with Crippen LogP contribution in [0.4, 0.5) is 4.39 Å². The first-order chi connectivity index (χ1) is 11.7. The molecule has 0 atom stereocenters. The van der Waals surface area contributed by atoms with Crippen LogP contribution in [-0.4, -0.2) is 30.7 Å². The summed E-state index contributed by atoms with van der Waals surface area (Å²) in [5.41, 5.74) is 1.78. The summed E-state index contributed by atoms with van der Waals surface area (Å²) in [6.45, 7) is 1.40. The Morgan fingerprint density at radius 1 is 1.33 bits per heavy atom. The highest BCUT2D eigenvalue weighted by atomic mass is 32.1. The van der Waals surface area contributed by atoms with Gasteiger partial charge in [0.15, 0.2) is 0 Å². The zero-order chi connectivity index (χ0) is 16.9. The largest absolute Gasteiger partial charge is 0.385 e. The van der Waals surface area contributed by atoms with Crippen molar-refractivity contribution in [2.45, 2.75) is 13.0 Å². The average Bonchev–Trinajstić information content (AvgIpc) is 3.19. The molecule has 0 aliphatic rings. The molecule has 1 N–H and O–H groups in total. The number of thiophene rings is 1. The van der Waals surface area contributed by atoms with Crippen LogP contribution >= 0.6 is 11.3 Å². The van der Waals surface area contributed by atoms with E-state index in [4.69, 9.17) is 4.74 Å². The van der Waals surface area contributed by atoms with Gasteiger partial charge in [0.05, 0.1) is 10.6 Å². The van der Waals surface area contributed by atoms with Crippen LogP contribution in [0.1, 0.15) is 6.42 Å². The zero-order valence-corrected chi connectivity index (χ0v) is 14.2. The summed E-state index contributed by atoms with van der Waals surface area (Å²) < 4.78 is 20.4. The van der Waals surface area contributed by atoms with E-state index in [1.807, 2.05) is 28.1 Å². The molecule has 126 valence electrons. The fourth-order valence-corrected chi connectivity index (χ4v) is 3.44. The average molecular weight is 346 g/mol. The maximum absolute atomic E-state index is 13.5. The highest BCUT2D eigenvalue weighted by molar-refractivity contribution is 7.13. The van der Waals surface area contributed by atoms with Gasteiger partial charge in [-0.3, -0.25) is 4.79 Å². The maximum atomic E-state index is 13.5. The smallest absolute Gasteiger partial charge is 0.239 e. The molecule has 0 bridgehead atoms. The molecule has 0 fully saturated rings. The van der Waals surface area contributed by atoms with Gasteiger partial charge in [-0.15, -0.1) is 11.3 Å². The Kier molecular flexibility index (Phi) is 5.27. The molecule has 2 heterocycles. The van der Waals surface area contributed by atoms with Crippen LogP contribution in [0, 0.1) is 5.82 Å². The molecular weight excluding hydrogens is 327 g/mol. The van der Waals surface area contributed by atoms with Crippen molar-refractivity contribution in [2.24, 2.45) is 0 Å². The van der Waals surface area contributed by atoms with Gasteiger partial charge < -0.3 is 14.6 Å². The third-order valence-corrected chi connectivity index (χ3v) is 4.68. The van der Waals surface area contributed by atoms with Gasteiger partial charge in [-0.2, -0.15) is 0 Å². The summed E-state index contributed by atoms with van der Waals surface area (Å²) in [4.78, 5) is 13.3. The first-order valence-corrected chi connectivity index (χ1v) is 8.65. The van der Waals surface area contributed by atoms with E-state index in [1.165, 1.54) is 12.1 Å². The summed E-state index contributed by atoms with van der Waals surface area (Å²) in [5.74, 6) is -0.341. The number of rotatable bonds is 7. The lowest BCUT2D eigenvalue weighted by molar-refractivity contribution is -0.121. The number of carbonyl (C=O) groups excluding carboxylic acids is 1. The second kappa shape index (κ2) is 7.59. The molecule has 0 unspecified atom stereocenters. The number of nitrogens with one attached hydrogen (secondary N) is 1. The molecule has 3 aromatic rings. The summed E-state index contributed by atoms with van der Waals surface area (Å²) >= 11 is 1.60. The zero-order valence-electron chi connectivity index (χ0n) is 13.4. The lowest BCUT2D eigenvalue weighted by Gasteiger charge is -2.10. The van der Waals surface area contributed by atoms with E-state index in [1.54, 1.807) is 24.5 Å². The number of methoxy groups -OCH3 is 1. The number of hydrogen-bond donors (Lipinski definition) is 1. The van der Waals surface area contributed by atoms with Crippen molar-refractivity contribution in [1.82, 2.24) is 9.88 Å². The quantitative estimate of drug-likeness (QED) is 0.664. The van der Waals surface area contributed by atoms with Crippen LogP contribution in [0.5, 0.6) is 0 Å². The first kappa shape index (κ1) is 16.7. The van der Waals surface area contributed by atoms with Gasteiger partial charge in [0.2, 0.25) is 5.91 Å². The number of hydrogen-bond acceptors (Lipinski definition) is 3. The third-order valence-electron chi connectivity index (χ3n) is 3.79. The molecule has 0 saturated heterocycles. The maximum Gasteiger partial charge on any atom is 0.239 e. The SMILES string of the molecule is COCCCNC(=O)Cn1c(-c2cccs2)cc2cc(F)ccc21. The molecule has 3 rings (SSSR count). The minimum Gasteiger partial charge on any atom is -0.385 e. The van der Waals surface area contributed by atoms with Crippen molar-refractivity contribution in [3.8, 4) is 10.6 Å². The highest BCUT2D eigenvalue weighted by Crippen LogP contribution is 2.31. The molecule has 0 aliphatic heterocycles. The molecule has 1 aromatic carbocycles. The number of carbonyl (C=O) groups is 1. The van der Waals surface area contributed by atoms with E-state index >= 15 is 0 Å². The fraction of sp³-hybridized carbons (Fsp3) is 0.278. The number of nitrogens with zero attached hydrogens (tertiary/aromatic N) is 1. The predicted molar refractivity (Wildman–Crippen MR) is 94.7 cm³/mol. The number of fused-ring (bicyclic) bond motifs is 1. The van der Waals surface area contributed by atoms with Crippen LogP contribution in [0.2, 0.25) is 0 Å². The van der Waals surface area contributed by atoms with E-state index in [0.29, 0.717) is 13.2 Å². The summed E-state index contributed by atoms with van der Waals surface area (Å²) in [5, 5.41) is 5.68. The molecular formula is C18H19FN2O2S. The summed E-state index contributed by atoms with van der Waals surface area (Å²) in [6, 6.07) is 10.5. The van der Waals surface area contributed by atoms with Crippen molar-refractivity contribution < 1.29 is 13.9 Å². The Labute approximate surface area is 143 Å². The van der Waals surface area contributed by atoms with Crippen molar-refractivity contribution in [3.63, 3.8) is 0 Å². The third kappa shape index (κ3) is 3.66. The topological polar surface area (TPSA) is 43.3 Å². The van der Waals surface area contributed by atoms with Gasteiger partial charge in [-0.1, -0.05) is 6.07 Å². The van der Waals surface area contributed by atoms with E-state index in [-0.39, 0.29) is 18.3 Å². The number of aromatic nitrogens is 1. The Bertz CT molecular complexity index is 827. The monoisotopic (exact) mass is 346 g/mol. The molecule has 6 heteroatoms. The van der Waals surface area contributed by atoms with Crippen LogP contribution < -0.4 is 5.32 Å². The lowest BCUT2D eigenvalue weighted by Crippen LogP contribution is -2.29. The minimum absolute atomic E-state index is 0.0641. The number of halogens is 1. The molecule has 0 aliphatic carbocycles. The van der Waals surface area contributed by atoms with Crippen LogP contribution in [-0.2, 0) is 16.1 Å². The number of benzene rings is 1. The second-order valence-electron chi connectivity index (χ2n) is 5.49. The van der Waals surface area contributed by atoms with E-state index in [9.17, 15) is 9.18 Å². The Hall–Kier alpha value is -2.18. The Morgan fingerprint density at radius 2 is 2.21 bits per heavy atom. The molecule has 0 radical (unpaired) electrons. The van der Waals surface area contributed by atoms with E-state index < -0.39 is 0 Å². The molecule has 4 nitrogen and oxygen atoms in total. The van der Waals surface area contributed by atoms with Crippen LogP contribution in [0.3, 0.4) is 0 Å². The fourth-order valence-electron chi connectivity index (χ4n) is 2.68. The molecule has 24 heavy (non-hydrogen) atoms. The van der Waals surface area contributed by atoms with Crippen molar-refractivity contribution >= 4 is 28.1 Å². The predicted octanol–water partition coefficient (Wildman–Crippen LogP) is 3.66. The molecule has 2 aromatic heterocycles. The van der Waals surface area contributed by atoms with Crippen LogP contribution in [0.25, 0.3) is 21.5 Å². The second-order valence-corrected chi connectivity index (χ2v) is 6.44. The molecule has 0 spiro atoms. The number of amides is 1. The van der Waals surface area contributed by atoms with Crippen LogP contribution in [0.15, 0.2) is 41.8 Å². The Balaban J connectivity index is 1.87. The van der Waals surface area contributed by atoms with E-state index in [2.05, 4.69) is 5.32 Å². The minimum atomic E-state index is -0.276. The van der Waals surface area contributed by atoms with Crippen molar-refractivity contribution in [2.75, 3.05) is 20.3 Å².